The zero-order valence-electron chi connectivity index (χ0n) is 10.4. The number of rotatable bonds is 3. The lowest BCUT2D eigenvalue weighted by Crippen LogP contribution is -2.47. The molecule has 1 saturated heterocycles. The fraction of sp³-hybridized carbons (Fsp3) is 0.667. The first kappa shape index (κ1) is 12.5. The van der Waals surface area contributed by atoms with Crippen molar-refractivity contribution in [2.75, 3.05) is 18.4 Å². The summed E-state index contributed by atoms with van der Waals surface area (Å²) in [6.07, 6.45) is 4.69. The quantitative estimate of drug-likeness (QED) is 0.868. The molecule has 0 saturated carbocycles. The molecule has 17 heavy (non-hydrogen) atoms. The van der Waals surface area contributed by atoms with Crippen molar-refractivity contribution in [3.63, 3.8) is 0 Å². The largest absolute Gasteiger partial charge is 0.316 e. The number of piperidine rings is 1. The van der Waals surface area contributed by atoms with E-state index in [0.29, 0.717) is 5.13 Å². The molecule has 1 aliphatic heterocycles. The van der Waals surface area contributed by atoms with Crippen LogP contribution in [0, 0.1) is 12.3 Å². The predicted molar refractivity (Wildman–Crippen MR) is 70.3 cm³/mol. The number of carbonyl (C=O) groups excluding carboxylic acids is 1. The smallest absolute Gasteiger partial charge is 0.233 e. The van der Waals surface area contributed by atoms with Crippen molar-refractivity contribution in [1.29, 1.82) is 0 Å². The predicted octanol–water partition coefficient (Wildman–Crippen LogP) is 2.17. The van der Waals surface area contributed by atoms with E-state index in [0.717, 1.165) is 37.2 Å². The summed E-state index contributed by atoms with van der Waals surface area (Å²) in [5.41, 5.74) is -0.252. The zero-order chi connectivity index (χ0) is 12.3. The summed E-state index contributed by atoms with van der Waals surface area (Å²) in [6.45, 7) is 5.87. The second kappa shape index (κ2) is 5.14. The number of nitrogens with zero attached hydrogens (tertiary/aromatic N) is 1. The number of thiazole rings is 1. The van der Waals surface area contributed by atoms with E-state index in [4.69, 9.17) is 0 Å². The molecule has 2 N–H and O–H groups in total. The van der Waals surface area contributed by atoms with Crippen LogP contribution in [0.1, 0.15) is 31.1 Å². The van der Waals surface area contributed by atoms with Crippen molar-refractivity contribution in [2.45, 2.75) is 33.1 Å². The van der Waals surface area contributed by atoms with Gasteiger partial charge in [0, 0.05) is 17.6 Å². The molecule has 1 aliphatic rings. The lowest BCUT2D eigenvalue weighted by atomic mass is 9.77. The van der Waals surface area contributed by atoms with E-state index in [-0.39, 0.29) is 11.3 Å². The number of carbonyl (C=O) groups is 1. The summed E-state index contributed by atoms with van der Waals surface area (Å²) in [4.78, 5) is 17.6. The molecule has 0 radical (unpaired) electrons. The Bertz CT molecular complexity index is 396. The summed E-state index contributed by atoms with van der Waals surface area (Å²) in [7, 11) is 0. The van der Waals surface area contributed by atoms with Crippen molar-refractivity contribution >= 4 is 22.4 Å². The maximum absolute atomic E-state index is 12.3. The standard InChI is InChI=1S/C12H19N3OS/c1-3-12(5-4-6-13-8-12)10(16)15-11-14-7-9(2)17-11/h7,13H,3-6,8H2,1-2H3,(H,14,15,16). The van der Waals surface area contributed by atoms with Crippen LogP contribution in [0.2, 0.25) is 0 Å². The molecular formula is C12H19N3OS. The van der Waals surface area contributed by atoms with Crippen LogP contribution in [0.5, 0.6) is 0 Å². The van der Waals surface area contributed by atoms with E-state index >= 15 is 0 Å². The molecule has 0 aliphatic carbocycles. The van der Waals surface area contributed by atoms with Crippen LogP contribution in [0.15, 0.2) is 6.20 Å². The fourth-order valence-electron chi connectivity index (χ4n) is 2.27. The molecular weight excluding hydrogens is 234 g/mol. The number of aromatic nitrogens is 1. The molecule has 1 aromatic heterocycles. The monoisotopic (exact) mass is 253 g/mol. The van der Waals surface area contributed by atoms with Gasteiger partial charge in [0.05, 0.1) is 5.41 Å². The van der Waals surface area contributed by atoms with Crippen molar-refractivity contribution in [3.05, 3.63) is 11.1 Å². The average molecular weight is 253 g/mol. The highest BCUT2D eigenvalue weighted by atomic mass is 32.1. The van der Waals surface area contributed by atoms with Gasteiger partial charge in [-0.2, -0.15) is 0 Å². The normalized spacial score (nSPS) is 24.6. The minimum Gasteiger partial charge on any atom is -0.316 e. The summed E-state index contributed by atoms with van der Waals surface area (Å²) < 4.78 is 0. The maximum Gasteiger partial charge on any atom is 0.233 e. The molecule has 1 unspecified atom stereocenters. The van der Waals surface area contributed by atoms with Gasteiger partial charge in [-0.25, -0.2) is 4.98 Å². The topological polar surface area (TPSA) is 54.0 Å². The molecule has 4 nitrogen and oxygen atoms in total. The number of anilines is 1. The van der Waals surface area contributed by atoms with Gasteiger partial charge in [-0.05, 0) is 32.7 Å². The van der Waals surface area contributed by atoms with Crippen LogP contribution in [0.25, 0.3) is 0 Å². The molecule has 1 amide bonds. The molecule has 94 valence electrons. The summed E-state index contributed by atoms with van der Waals surface area (Å²) in [5, 5.41) is 6.99. The fourth-order valence-corrected chi connectivity index (χ4v) is 2.93. The molecule has 2 rings (SSSR count). The van der Waals surface area contributed by atoms with Crippen LogP contribution < -0.4 is 10.6 Å². The molecule has 2 heterocycles. The van der Waals surface area contributed by atoms with Gasteiger partial charge >= 0.3 is 0 Å². The third kappa shape index (κ3) is 2.66. The first-order chi connectivity index (χ1) is 8.16. The van der Waals surface area contributed by atoms with Gasteiger partial charge in [-0.3, -0.25) is 4.79 Å². The minimum atomic E-state index is -0.252. The number of hydrogen-bond donors (Lipinski definition) is 2. The van der Waals surface area contributed by atoms with E-state index < -0.39 is 0 Å². The maximum atomic E-state index is 12.3. The SMILES string of the molecule is CCC1(C(=O)Nc2ncc(C)s2)CCCNC1. The highest BCUT2D eigenvalue weighted by Gasteiger charge is 2.38. The minimum absolute atomic E-state index is 0.113. The molecule has 5 heteroatoms. The highest BCUT2D eigenvalue weighted by Crippen LogP contribution is 2.32. The number of amides is 1. The van der Waals surface area contributed by atoms with Crippen molar-refractivity contribution in [2.24, 2.45) is 5.41 Å². The van der Waals surface area contributed by atoms with Gasteiger partial charge in [0.25, 0.3) is 0 Å². The molecule has 1 aromatic rings. The Morgan fingerprint density at radius 1 is 1.71 bits per heavy atom. The molecule has 0 spiro atoms. The summed E-state index contributed by atoms with van der Waals surface area (Å²) >= 11 is 1.53. The lowest BCUT2D eigenvalue weighted by molar-refractivity contribution is -0.126. The van der Waals surface area contributed by atoms with E-state index in [1.165, 1.54) is 11.3 Å². The van der Waals surface area contributed by atoms with Gasteiger partial charge in [0.1, 0.15) is 0 Å². The highest BCUT2D eigenvalue weighted by molar-refractivity contribution is 7.15. The van der Waals surface area contributed by atoms with Crippen LogP contribution in [-0.4, -0.2) is 24.0 Å². The van der Waals surface area contributed by atoms with E-state index in [2.05, 4.69) is 22.5 Å². The molecule has 1 atom stereocenters. The van der Waals surface area contributed by atoms with Gasteiger partial charge in [-0.1, -0.05) is 6.92 Å². The number of hydrogen-bond acceptors (Lipinski definition) is 4. The van der Waals surface area contributed by atoms with Crippen molar-refractivity contribution < 1.29 is 4.79 Å². The Morgan fingerprint density at radius 2 is 2.53 bits per heavy atom. The Balaban J connectivity index is 2.07. The molecule has 0 aromatic carbocycles. The van der Waals surface area contributed by atoms with Crippen molar-refractivity contribution in [1.82, 2.24) is 10.3 Å². The summed E-state index contributed by atoms with van der Waals surface area (Å²) in [6, 6.07) is 0. The average Bonchev–Trinajstić information content (AvgIpc) is 2.75. The molecule has 0 bridgehead atoms. The van der Waals surface area contributed by atoms with Gasteiger partial charge in [0.15, 0.2) is 5.13 Å². The lowest BCUT2D eigenvalue weighted by Gasteiger charge is -2.35. The Hall–Kier alpha value is -0.940. The second-order valence-corrected chi connectivity index (χ2v) is 5.88. The van der Waals surface area contributed by atoms with Gasteiger partial charge in [0.2, 0.25) is 5.91 Å². The van der Waals surface area contributed by atoms with Crippen LogP contribution in [0.4, 0.5) is 5.13 Å². The van der Waals surface area contributed by atoms with Gasteiger partial charge < -0.3 is 10.6 Å². The second-order valence-electron chi connectivity index (χ2n) is 4.64. The third-order valence-corrected chi connectivity index (χ3v) is 4.30. The van der Waals surface area contributed by atoms with Crippen molar-refractivity contribution in [3.8, 4) is 0 Å². The van der Waals surface area contributed by atoms with E-state index in [9.17, 15) is 4.79 Å². The van der Waals surface area contributed by atoms with Crippen LogP contribution in [0.3, 0.4) is 0 Å². The van der Waals surface area contributed by atoms with Crippen LogP contribution >= 0.6 is 11.3 Å². The molecule has 1 fully saturated rings. The Labute approximate surface area is 106 Å². The number of nitrogens with one attached hydrogen (secondary N) is 2. The third-order valence-electron chi connectivity index (χ3n) is 3.47. The van der Waals surface area contributed by atoms with E-state index in [1.807, 2.05) is 6.92 Å². The number of aryl methyl sites for hydroxylation is 1. The Morgan fingerprint density at radius 3 is 3.06 bits per heavy atom. The zero-order valence-corrected chi connectivity index (χ0v) is 11.2. The van der Waals surface area contributed by atoms with E-state index in [1.54, 1.807) is 6.20 Å². The first-order valence-corrected chi connectivity index (χ1v) is 6.92. The Kier molecular flexibility index (Phi) is 3.79. The van der Waals surface area contributed by atoms with Crippen LogP contribution in [-0.2, 0) is 4.79 Å². The summed E-state index contributed by atoms with van der Waals surface area (Å²) in [5.74, 6) is 0.113. The van der Waals surface area contributed by atoms with Gasteiger partial charge in [-0.15, -0.1) is 11.3 Å². The first-order valence-electron chi connectivity index (χ1n) is 6.11.